The maximum Gasteiger partial charge on any atom is 0.162 e. The molecule has 1 heterocycles. The van der Waals surface area contributed by atoms with Gasteiger partial charge < -0.3 is 14.2 Å². The van der Waals surface area contributed by atoms with Gasteiger partial charge in [-0.2, -0.15) is 0 Å². The van der Waals surface area contributed by atoms with E-state index in [1.807, 2.05) is 0 Å². The van der Waals surface area contributed by atoms with Gasteiger partial charge in [0, 0.05) is 12.5 Å². The van der Waals surface area contributed by atoms with Crippen molar-refractivity contribution >= 4 is 0 Å². The van der Waals surface area contributed by atoms with E-state index < -0.39 is 0 Å². The van der Waals surface area contributed by atoms with Crippen LogP contribution in [0.3, 0.4) is 0 Å². The highest BCUT2D eigenvalue weighted by Crippen LogP contribution is 2.59. The quantitative estimate of drug-likeness (QED) is 0.832. The van der Waals surface area contributed by atoms with Crippen molar-refractivity contribution in [2.24, 2.45) is 17.3 Å². The lowest BCUT2D eigenvalue weighted by Gasteiger charge is -2.49. The van der Waals surface area contributed by atoms with E-state index in [0.717, 1.165) is 24.7 Å². The van der Waals surface area contributed by atoms with Crippen molar-refractivity contribution in [2.75, 3.05) is 20.8 Å². The molecule has 3 heteroatoms. The van der Waals surface area contributed by atoms with Gasteiger partial charge >= 0.3 is 0 Å². The molecule has 1 aromatic rings. The zero-order valence-corrected chi connectivity index (χ0v) is 13.8. The Morgan fingerprint density at radius 1 is 1.23 bits per heavy atom. The Kier molecular flexibility index (Phi) is 3.46. The maximum absolute atomic E-state index is 5.98. The van der Waals surface area contributed by atoms with Gasteiger partial charge in [0.25, 0.3) is 0 Å². The first-order valence-corrected chi connectivity index (χ1v) is 8.48. The Morgan fingerprint density at radius 3 is 2.86 bits per heavy atom. The first kappa shape index (κ1) is 14.5. The first-order valence-electron chi connectivity index (χ1n) is 8.48. The number of hydrogen-bond acceptors (Lipinski definition) is 3. The van der Waals surface area contributed by atoms with E-state index in [1.54, 1.807) is 19.8 Å². The summed E-state index contributed by atoms with van der Waals surface area (Å²) in [6, 6.07) is 6.66. The first-order chi connectivity index (χ1) is 10.7. The fraction of sp³-hybridized carbons (Fsp3) is 0.684. The predicted molar refractivity (Wildman–Crippen MR) is 85.1 cm³/mol. The third kappa shape index (κ3) is 1.95. The Bertz CT molecular complexity index is 570. The van der Waals surface area contributed by atoms with Crippen molar-refractivity contribution in [3.05, 3.63) is 29.3 Å². The summed E-state index contributed by atoms with van der Waals surface area (Å²) in [6.45, 7) is 3.24. The van der Waals surface area contributed by atoms with Crippen LogP contribution >= 0.6 is 0 Å². The highest BCUT2D eigenvalue weighted by Gasteiger charge is 2.56. The molecule has 1 aliphatic heterocycles. The second-order valence-electron chi connectivity index (χ2n) is 7.43. The molecule has 0 radical (unpaired) electrons. The van der Waals surface area contributed by atoms with Crippen LogP contribution in [0.5, 0.6) is 5.75 Å². The average Bonchev–Trinajstić information content (AvgIpc) is 2.90. The van der Waals surface area contributed by atoms with Gasteiger partial charge in [-0.15, -0.1) is 0 Å². The summed E-state index contributed by atoms with van der Waals surface area (Å²) < 4.78 is 17.0. The number of ether oxygens (including phenoxy) is 3. The maximum atomic E-state index is 5.98. The lowest BCUT2D eigenvalue weighted by molar-refractivity contribution is -0.147. The van der Waals surface area contributed by atoms with E-state index in [4.69, 9.17) is 14.2 Å². The summed E-state index contributed by atoms with van der Waals surface area (Å²) in [4.78, 5) is 0. The van der Waals surface area contributed by atoms with Crippen molar-refractivity contribution < 1.29 is 14.2 Å². The zero-order valence-electron chi connectivity index (χ0n) is 13.8. The minimum absolute atomic E-state index is 0.0179. The molecule has 4 rings (SSSR count). The van der Waals surface area contributed by atoms with Gasteiger partial charge in [0.05, 0.1) is 13.7 Å². The van der Waals surface area contributed by atoms with Crippen LogP contribution in [0.4, 0.5) is 0 Å². The lowest BCUT2D eigenvalue weighted by Crippen LogP contribution is -2.45. The van der Waals surface area contributed by atoms with Crippen LogP contribution in [0.25, 0.3) is 0 Å². The van der Waals surface area contributed by atoms with E-state index in [-0.39, 0.29) is 11.7 Å². The average molecular weight is 302 g/mol. The molecule has 3 aliphatic rings. The Morgan fingerprint density at radius 2 is 2.09 bits per heavy atom. The SMILES string of the molecule is COc1ccc2c(c1)CC[C@@H]1[C@@H]2CC[C@]2(C)[C@@H](OC)OC[C@@H]12. The highest BCUT2D eigenvalue weighted by atomic mass is 16.7. The minimum Gasteiger partial charge on any atom is -0.497 e. The van der Waals surface area contributed by atoms with Gasteiger partial charge in [0.1, 0.15) is 5.75 Å². The van der Waals surface area contributed by atoms with E-state index in [1.165, 1.54) is 24.8 Å². The van der Waals surface area contributed by atoms with Crippen molar-refractivity contribution in [3.63, 3.8) is 0 Å². The summed E-state index contributed by atoms with van der Waals surface area (Å²) in [7, 11) is 3.53. The van der Waals surface area contributed by atoms with Crippen molar-refractivity contribution in [2.45, 2.75) is 44.8 Å². The third-order valence-corrected chi connectivity index (χ3v) is 6.55. The van der Waals surface area contributed by atoms with E-state index in [9.17, 15) is 0 Å². The lowest BCUT2D eigenvalue weighted by atomic mass is 9.55. The minimum atomic E-state index is -0.0179. The molecule has 0 aromatic heterocycles. The summed E-state index contributed by atoms with van der Waals surface area (Å²) in [6.07, 6.45) is 4.86. The summed E-state index contributed by atoms with van der Waals surface area (Å²) in [5.41, 5.74) is 3.24. The molecule has 2 aliphatic carbocycles. The molecular weight excluding hydrogens is 276 g/mol. The Balaban J connectivity index is 1.66. The standard InChI is InChI=1S/C19H26O3/c1-19-9-8-15-14-7-5-13(20-2)10-12(14)4-6-16(15)17(19)11-22-18(19)21-3/h5,7,10,15-18H,4,6,8-9,11H2,1-3H3/t15-,16-,17+,18+,19+/m1/s1. The topological polar surface area (TPSA) is 27.7 Å². The smallest absolute Gasteiger partial charge is 0.162 e. The van der Waals surface area contributed by atoms with Crippen molar-refractivity contribution in [1.82, 2.24) is 0 Å². The van der Waals surface area contributed by atoms with Crippen LogP contribution in [0.15, 0.2) is 18.2 Å². The van der Waals surface area contributed by atoms with E-state index in [0.29, 0.717) is 11.8 Å². The predicted octanol–water partition coefficient (Wildman–Crippen LogP) is 3.76. The monoisotopic (exact) mass is 302 g/mol. The van der Waals surface area contributed by atoms with Gasteiger partial charge in [-0.05, 0) is 66.7 Å². The van der Waals surface area contributed by atoms with Gasteiger partial charge in [-0.25, -0.2) is 0 Å². The molecule has 1 saturated carbocycles. The van der Waals surface area contributed by atoms with Crippen LogP contribution in [-0.4, -0.2) is 27.1 Å². The highest BCUT2D eigenvalue weighted by molar-refractivity contribution is 5.40. The van der Waals surface area contributed by atoms with Crippen LogP contribution in [-0.2, 0) is 15.9 Å². The Hall–Kier alpha value is -1.06. The molecule has 0 N–H and O–H groups in total. The largest absolute Gasteiger partial charge is 0.497 e. The molecule has 0 unspecified atom stereocenters. The van der Waals surface area contributed by atoms with Crippen LogP contribution in [0.1, 0.15) is 43.2 Å². The number of aryl methyl sites for hydroxylation is 1. The summed E-state index contributed by atoms with van der Waals surface area (Å²) >= 11 is 0. The normalized spacial score (nSPS) is 39.8. The molecule has 0 spiro atoms. The number of hydrogen-bond donors (Lipinski definition) is 0. The molecule has 22 heavy (non-hydrogen) atoms. The molecule has 120 valence electrons. The van der Waals surface area contributed by atoms with Crippen molar-refractivity contribution in [1.29, 1.82) is 0 Å². The van der Waals surface area contributed by atoms with Crippen molar-refractivity contribution in [3.8, 4) is 5.75 Å². The molecule has 2 fully saturated rings. The molecule has 0 amide bonds. The van der Waals surface area contributed by atoms with E-state index in [2.05, 4.69) is 25.1 Å². The number of fused-ring (bicyclic) bond motifs is 5. The van der Waals surface area contributed by atoms with E-state index >= 15 is 0 Å². The Labute approximate surface area is 132 Å². The summed E-state index contributed by atoms with van der Waals surface area (Å²) in [5, 5.41) is 0. The molecular formula is C19H26O3. The molecule has 1 aromatic carbocycles. The molecule has 1 saturated heterocycles. The third-order valence-electron chi connectivity index (χ3n) is 6.55. The van der Waals surface area contributed by atoms with Gasteiger partial charge in [-0.1, -0.05) is 13.0 Å². The van der Waals surface area contributed by atoms with Gasteiger partial charge in [0.2, 0.25) is 0 Å². The number of rotatable bonds is 2. The number of benzene rings is 1. The molecule has 3 nitrogen and oxygen atoms in total. The van der Waals surface area contributed by atoms with Gasteiger partial charge in [0.15, 0.2) is 6.29 Å². The summed E-state index contributed by atoms with van der Waals surface area (Å²) in [5.74, 6) is 3.04. The zero-order chi connectivity index (χ0) is 15.3. The van der Waals surface area contributed by atoms with Gasteiger partial charge in [-0.3, -0.25) is 0 Å². The fourth-order valence-electron chi connectivity index (χ4n) is 5.36. The molecule has 0 bridgehead atoms. The second-order valence-corrected chi connectivity index (χ2v) is 7.43. The second kappa shape index (κ2) is 5.24. The fourth-order valence-corrected chi connectivity index (χ4v) is 5.36. The molecule has 5 atom stereocenters. The number of methoxy groups -OCH3 is 2. The van der Waals surface area contributed by atoms with Crippen LogP contribution < -0.4 is 4.74 Å². The van der Waals surface area contributed by atoms with Crippen LogP contribution in [0, 0.1) is 17.3 Å². The van der Waals surface area contributed by atoms with Crippen LogP contribution in [0.2, 0.25) is 0 Å².